The normalized spacial score (nSPS) is 28.7. The zero-order valence-electron chi connectivity index (χ0n) is 8.91. The lowest BCUT2D eigenvalue weighted by Gasteiger charge is -2.17. The molecule has 3 nitrogen and oxygen atoms in total. The van der Waals surface area contributed by atoms with Crippen LogP contribution < -0.4 is 0 Å². The molecule has 1 rings (SSSR count). The second-order valence-corrected chi connectivity index (χ2v) is 4.24. The third-order valence-corrected chi connectivity index (χ3v) is 2.83. The van der Waals surface area contributed by atoms with Crippen molar-refractivity contribution in [2.45, 2.75) is 26.3 Å². The standard InChI is InChI=1S/C10H19NO2/c1-7-5-9(7)6-13-10(12)8(2)11(3)4/h7-9H,5-6H2,1-4H3/t7?,8-,9?/m1/s1. The Morgan fingerprint density at radius 3 is 2.54 bits per heavy atom. The second-order valence-electron chi connectivity index (χ2n) is 4.24. The van der Waals surface area contributed by atoms with E-state index < -0.39 is 0 Å². The number of esters is 1. The molecule has 0 spiro atoms. The molecular formula is C10H19NO2. The van der Waals surface area contributed by atoms with Crippen molar-refractivity contribution in [3.05, 3.63) is 0 Å². The summed E-state index contributed by atoms with van der Waals surface area (Å²) in [4.78, 5) is 13.2. The van der Waals surface area contributed by atoms with Gasteiger partial charge in [0.1, 0.15) is 6.04 Å². The van der Waals surface area contributed by atoms with Crippen LogP contribution in [-0.4, -0.2) is 37.6 Å². The molecule has 0 saturated heterocycles. The zero-order valence-corrected chi connectivity index (χ0v) is 8.91. The van der Waals surface area contributed by atoms with Gasteiger partial charge in [0.05, 0.1) is 6.61 Å². The lowest BCUT2D eigenvalue weighted by atomic mass is 10.3. The van der Waals surface area contributed by atoms with Crippen molar-refractivity contribution in [2.75, 3.05) is 20.7 Å². The van der Waals surface area contributed by atoms with Gasteiger partial charge in [0.25, 0.3) is 0 Å². The van der Waals surface area contributed by atoms with Gasteiger partial charge in [-0.25, -0.2) is 0 Å². The van der Waals surface area contributed by atoms with Gasteiger partial charge in [-0.05, 0) is 39.3 Å². The average molecular weight is 185 g/mol. The summed E-state index contributed by atoms with van der Waals surface area (Å²) in [5.41, 5.74) is 0. The number of nitrogens with zero attached hydrogens (tertiary/aromatic N) is 1. The van der Waals surface area contributed by atoms with Crippen LogP contribution in [0.15, 0.2) is 0 Å². The van der Waals surface area contributed by atoms with E-state index in [-0.39, 0.29) is 12.0 Å². The maximum absolute atomic E-state index is 11.4. The van der Waals surface area contributed by atoms with Crippen LogP contribution in [0.5, 0.6) is 0 Å². The summed E-state index contributed by atoms with van der Waals surface area (Å²) >= 11 is 0. The molecule has 0 aromatic carbocycles. The summed E-state index contributed by atoms with van der Waals surface area (Å²) in [6, 6.07) is -0.131. The molecule has 0 bridgehead atoms. The number of rotatable bonds is 4. The summed E-state index contributed by atoms with van der Waals surface area (Å²) in [5, 5.41) is 0. The van der Waals surface area contributed by atoms with E-state index in [0.717, 1.165) is 5.92 Å². The summed E-state index contributed by atoms with van der Waals surface area (Å²) < 4.78 is 5.18. The fourth-order valence-corrected chi connectivity index (χ4v) is 1.15. The Morgan fingerprint density at radius 1 is 1.62 bits per heavy atom. The van der Waals surface area contributed by atoms with E-state index >= 15 is 0 Å². The monoisotopic (exact) mass is 185 g/mol. The van der Waals surface area contributed by atoms with Crippen LogP contribution in [0.2, 0.25) is 0 Å². The van der Waals surface area contributed by atoms with Gasteiger partial charge in [0.2, 0.25) is 0 Å². The third-order valence-electron chi connectivity index (χ3n) is 2.83. The quantitative estimate of drug-likeness (QED) is 0.615. The van der Waals surface area contributed by atoms with E-state index in [1.54, 1.807) is 0 Å². The van der Waals surface area contributed by atoms with E-state index in [1.165, 1.54) is 6.42 Å². The molecule has 0 N–H and O–H groups in total. The van der Waals surface area contributed by atoms with Crippen LogP contribution >= 0.6 is 0 Å². The predicted molar refractivity (Wildman–Crippen MR) is 51.4 cm³/mol. The zero-order chi connectivity index (χ0) is 10.0. The molecule has 0 aromatic rings. The van der Waals surface area contributed by atoms with Crippen LogP contribution in [0.25, 0.3) is 0 Å². The minimum absolute atomic E-state index is 0.107. The Bertz CT molecular complexity index is 191. The summed E-state index contributed by atoms with van der Waals surface area (Å²) in [6.07, 6.45) is 1.21. The highest BCUT2D eigenvalue weighted by molar-refractivity contribution is 5.75. The van der Waals surface area contributed by atoms with Crippen LogP contribution in [0.3, 0.4) is 0 Å². The first-order valence-corrected chi connectivity index (χ1v) is 4.85. The van der Waals surface area contributed by atoms with E-state index in [1.807, 2.05) is 25.9 Å². The van der Waals surface area contributed by atoms with E-state index in [0.29, 0.717) is 12.5 Å². The van der Waals surface area contributed by atoms with Crippen molar-refractivity contribution < 1.29 is 9.53 Å². The molecule has 0 radical (unpaired) electrons. The van der Waals surface area contributed by atoms with Crippen molar-refractivity contribution >= 4 is 5.97 Å². The molecule has 1 saturated carbocycles. The second kappa shape index (κ2) is 4.09. The van der Waals surface area contributed by atoms with Gasteiger partial charge in [-0.3, -0.25) is 9.69 Å². The summed E-state index contributed by atoms with van der Waals surface area (Å²) in [7, 11) is 3.76. The molecule has 2 unspecified atom stereocenters. The highest BCUT2D eigenvalue weighted by Gasteiger charge is 2.34. The first kappa shape index (κ1) is 10.5. The van der Waals surface area contributed by atoms with Gasteiger partial charge in [0.15, 0.2) is 0 Å². The largest absolute Gasteiger partial charge is 0.464 e. The van der Waals surface area contributed by atoms with Gasteiger partial charge in [-0.15, -0.1) is 0 Å². The minimum atomic E-state index is -0.131. The Hall–Kier alpha value is -0.570. The number of carbonyl (C=O) groups is 1. The average Bonchev–Trinajstić information content (AvgIpc) is 2.76. The molecule has 0 aliphatic heterocycles. The molecule has 76 valence electrons. The molecule has 1 aliphatic carbocycles. The molecule has 0 aromatic heterocycles. The lowest BCUT2D eigenvalue weighted by molar-refractivity contribution is -0.149. The molecule has 13 heavy (non-hydrogen) atoms. The maximum atomic E-state index is 11.4. The first-order chi connectivity index (χ1) is 6.02. The predicted octanol–water partition coefficient (Wildman–Crippen LogP) is 1.14. The van der Waals surface area contributed by atoms with E-state index in [9.17, 15) is 4.79 Å². The summed E-state index contributed by atoms with van der Waals surface area (Å²) in [5.74, 6) is 1.27. The SMILES string of the molecule is CC1CC1COC(=O)[C@@H](C)N(C)C. The molecule has 1 fully saturated rings. The van der Waals surface area contributed by atoms with Crippen LogP contribution in [-0.2, 0) is 9.53 Å². The van der Waals surface area contributed by atoms with Crippen LogP contribution in [0.4, 0.5) is 0 Å². The van der Waals surface area contributed by atoms with Crippen molar-refractivity contribution in [1.82, 2.24) is 4.90 Å². The van der Waals surface area contributed by atoms with Gasteiger partial charge >= 0.3 is 5.97 Å². The van der Waals surface area contributed by atoms with Crippen LogP contribution in [0.1, 0.15) is 20.3 Å². The highest BCUT2D eigenvalue weighted by atomic mass is 16.5. The number of hydrogen-bond acceptors (Lipinski definition) is 3. The van der Waals surface area contributed by atoms with Crippen molar-refractivity contribution in [3.8, 4) is 0 Å². The highest BCUT2D eigenvalue weighted by Crippen LogP contribution is 2.37. The molecular weight excluding hydrogens is 166 g/mol. The molecule has 0 heterocycles. The fourth-order valence-electron chi connectivity index (χ4n) is 1.15. The molecule has 3 atom stereocenters. The van der Waals surface area contributed by atoms with Gasteiger partial charge in [-0.1, -0.05) is 6.92 Å². The van der Waals surface area contributed by atoms with Crippen molar-refractivity contribution in [2.24, 2.45) is 11.8 Å². The fraction of sp³-hybridized carbons (Fsp3) is 0.900. The number of carbonyl (C=O) groups excluding carboxylic acids is 1. The van der Waals surface area contributed by atoms with E-state index in [4.69, 9.17) is 4.74 Å². The Labute approximate surface area is 80.1 Å². The Kier molecular flexibility index (Phi) is 3.31. The van der Waals surface area contributed by atoms with Gasteiger partial charge in [-0.2, -0.15) is 0 Å². The molecule has 1 aliphatic rings. The Morgan fingerprint density at radius 2 is 2.15 bits per heavy atom. The van der Waals surface area contributed by atoms with E-state index in [2.05, 4.69) is 6.92 Å². The van der Waals surface area contributed by atoms with Gasteiger partial charge < -0.3 is 4.74 Å². The van der Waals surface area contributed by atoms with Crippen molar-refractivity contribution in [3.63, 3.8) is 0 Å². The first-order valence-electron chi connectivity index (χ1n) is 4.85. The molecule has 0 amide bonds. The number of ether oxygens (including phenoxy) is 1. The van der Waals surface area contributed by atoms with Gasteiger partial charge in [0, 0.05) is 0 Å². The topological polar surface area (TPSA) is 29.5 Å². The summed E-state index contributed by atoms with van der Waals surface area (Å²) in [6.45, 7) is 4.66. The minimum Gasteiger partial charge on any atom is -0.464 e. The molecule has 3 heteroatoms. The smallest absolute Gasteiger partial charge is 0.323 e. The number of likely N-dealkylation sites (N-methyl/N-ethyl adjacent to an activating group) is 1. The Balaban J connectivity index is 2.17. The lowest BCUT2D eigenvalue weighted by Crippen LogP contribution is -2.34. The van der Waals surface area contributed by atoms with Crippen LogP contribution in [0, 0.1) is 11.8 Å². The number of hydrogen-bond donors (Lipinski definition) is 0. The maximum Gasteiger partial charge on any atom is 0.323 e. The van der Waals surface area contributed by atoms with Crippen molar-refractivity contribution in [1.29, 1.82) is 0 Å². The third kappa shape index (κ3) is 2.99.